The van der Waals surface area contributed by atoms with E-state index < -0.39 is 0 Å². The maximum atomic E-state index is 13.1. The minimum absolute atomic E-state index is 0.112. The van der Waals surface area contributed by atoms with Crippen molar-refractivity contribution >= 4 is 27.9 Å². The fraction of sp³-hybridized carbons (Fsp3) is 0.533. The van der Waals surface area contributed by atoms with Crippen molar-refractivity contribution in [3.8, 4) is 0 Å². The van der Waals surface area contributed by atoms with Gasteiger partial charge in [-0.25, -0.2) is 4.39 Å². The Bertz CT molecular complexity index is 463. The second-order valence-corrected chi connectivity index (χ2v) is 6.89. The molecule has 2 atom stereocenters. The number of carbonyl (C=O) groups is 1. The van der Waals surface area contributed by atoms with Crippen molar-refractivity contribution in [2.75, 3.05) is 18.0 Å². The normalized spacial score (nSPS) is 23.7. The summed E-state index contributed by atoms with van der Waals surface area (Å²) in [5.74, 6) is -0.232. The van der Waals surface area contributed by atoms with E-state index >= 15 is 0 Å². The SMILES string of the molecule is CC(C)(C=O)CC1C(Br)NCCN1c1ccc(F)cc1. The van der Waals surface area contributed by atoms with Crippen molar-refractivity contribution in [1.82, 2.24) is 5.32 Å². The van der Waals surface area contributed by atoms with E-state index in [1.165, 1.54) is 12.1 Å². The summed E-state index contributed by atoms with van der Waals surface area (Å²) in [4.78, 5) is 13.5. The number of hydrogen-bond acceptors (Lipinski definition) is 3. The highest BCUT2D eigenvalue weighted by Gasteiger charge is 2.34. The zero-order chi connectivity index (χ0) is 14.8. The molecule has 1 aliphatic rings. The van der Waals surface area contributed by atoms with Gasteiger partial charge in [-0.3, -0.25) is 0 Å². The number of aldehydes is 1. The van der Waals surface area contributed by atoms with Crippen LogP contribution >= 0.6 is 15.9 Å². The summed E-state index contributed by atoms with van der Waals surface area (Å²) in [6.45, 7) is 5.58. The highest BCUT2D eigenvalue weighted by atomic mass is 79.9. The lowest BCUT2D eigenvalue weighted by Crippen LogP contribution is -2.57. The van der Waals surface area contributed by atoms with Gasteiger partial charge in [0.05, 0.1) is 11.0 Å². The molecule has 20 heavy (non-hydrogen) atoms. The van der Waals surface area contributed by atoms with Crippen molar-refractivity contribution in [1.29, 1.82) is 0 Å². The van der Waals surface area contributed by atoms with Gasteiger partial charge in [-0.15, -0.1) is 0 Å². The lowest BCUT2D eigenvalue weighted by molar-refractivity contribution is -0.115. The van der Waals surface area contributed by atoms with Gasteiger partial charge in [0, 0.05) is 24.2 Å². The highest BCUT2D eigenvalue weighted by molar-refractivity contribution is 9.09. The van der Waals surface area contributed by atoms with Gasteiger partial charge >= 0.3 is 0 Å². The van der Waals surface area contributed by atoms with Crippen molar-refractivity contribution < 1.29 is 9.18 Å². The first kappa shape index (κ1) is 15.4. The molecule has 2 rings (SSSR count). The van der Waals surface area contributed by atoms with Crippen LogP contribution in [-0.2, 0) is 4.79 Å². The van der Waals surface area contributed by atoms with Crippen LogP contribution in [0.2, 0.25) is 0 Å². The molecule has 1 fully saturated rings. The van der Waals surface area contributed by atoms with Crippen LogP contribution in [0.1, 0.15) is 20.3 Å². The molecule has 0 saturated carbocycles. The smallest absolute Gasteiger partial charge is 0.125 e. The van der Waals surface area contributed by atoms with Gasteiger partial charge in [0.2, 0.25) is 0 Å². The number of hydrogen-bond donors (Lipinski definition) is 1. The summed E-state index contributed by atoms with van der Waals surface area (Å²) < 4.78 is 13.1. The summed E-state index contributed by atoms with van der Waals surface area (Å²) in [6.07, 6.45) is 1.74. The van der Waals surface area contributed by atoms with Crippen molar-refractivity contribution in [2.45, 2.75) is 31.3 Å². The molecule has 0 aliphatic carbocycles. The average Bonchev–Trinajstić information content (AvgIpc) is 2.42. The van der Waals surface area contributed by atoms with Crippen LogP contribution in [0.15, 0.2) is 24.3 Å². The third kappa shape index (κ3) is 3.58. The first-order valence-corrected chi connectivity index (χ1v) is 7.70. The Labute approximate surface area is 127 Å². The predicted molar refractivity (Wildman–Crippen MR) is 82.7 cm³/mol. The van der Waals surface area contributed by atoms with Crippen LogP contribution in [0.5, 0.6) is 0 Å². The van der Waals surface area contributed by atoms with Crippen LogP contribution in [0, 0.1) is 11.2 Å². The maximum Gasteiger partial charge on any atom is 0.125 e. The van der Waals surface area contributed by atoms with Gasteiger partial charge in [-0.1, -0.05) is 29.8 Å². The summed E-state index contributed by atoms with van der Waals surface area (Å²) in [5, 5.41) is 3.37. The van der Waals surface area contributed by atoms with E-state index in [-0.39, 0.29) is 22.2 Å². The van der Waals surface area contributed by atoms with Crippen LogP contribution in [0.3, 0.4) is 0 Å². The molecule has 3 nitrogen and oxygen atoms in total. The summed E-state index contributed by atoms with van der Waals surface area (Å²) >= 11 is 3.65. The Morgan fingerprint density at radius 3 is 2.70 bits per heavy atom. The number of alkyl halides is 1. The number of carbonyl (C=O) groups excluding carboxylic acids is 1. The third-order valence-corrected chi connectivity index (χ3v) is 4.58. The predicted octanol–water partition coefficient (Wildman–Crippen LogP) is 2.94. The number of nitrogens with one attached hydrogen (secondary N) is 1. The number of benzene rings is 1. The number of nitrogens with zero attached hydrogens (tertiary/aromatic N) is 1. The summed E-state index contributed by atoms with van der Waals surface area (Å²) in [5.41, 5.74) is 0.609. The van der Waals surface area contributed by atoms with Crippen LogP contribution in [-0.4, -0.2) is 30.4 Å². The van der Waals surface area contributed by atoms with Crippen LogP contribution in [0.25, 0.3) is 0 Å². The minimum Gasteiger partial charge on any atom is -0.365 e. The van der Waals surface area contributed by atoms with E-state index in [0.717, 1.165) is 31.5 Å². The van der Waals surface area contributed by atoms with E-state index in [1.807, 2.05) is 13.8 Å². The van der Waals surface area contributed by atoms with E-state index in [9.17, 15) is 9.18 Å². The van der Waals surface area contributed by atoms with E-state index in [0.29, 0.717) is 0 Å². The first-order chi connectivity index (χ1) is 9.43. The van der Waals surface area contributed by atoms with E-state index in [2.05, 4.69) is 26.1 Å². The Balaban J connectivity index is 2.23. The van der Waals surface area contributed by atoms with Gasteiger partial charge in [-0.05, 0) is 30.7 Å². The quantitative estimate of drug-likeness (QED) is 0.518. The van der Waals surface area contributed by atoms with Crippen molar-refractivity contribution in [3.05, 3.63) is 30.1 Å². The lowest BCUT2D eigenvalue weighted by Gasteiger charge is -2.43. The number of rotatable bonds is 4. The molecule has 0 spiro atoms. The largest absolute Gasteiger partial charge is 0.365 e. The van der Waals surface area contributed by atoms with Gasteiger partial charge in [0.15, 0.2) is 0 Å². The second kappa shape index (κ2) is 6.22. The Morgan fingerprint density at radius 2 is 2.10 bits per heavy atom. The van der Waals surface area contributed by atoms with Gasteiger partial charge in [0.25, 0.3) is 0 Å². The molecule has 1 aromatic carbocycles. The fourth-order valence-corrected chi connectivity index (χ4v) is 3.24. The Hall–Kier alpha value is -0.940. The van der Waals surface area contributed by atoms with Crippen molar-refractivity contribution in [3.63, 3.8) is 0 Å². The maximum absolute atomic E-state index is 13.1. The van der Waals surface area contributed by atoms with Crippen LogP contribution < -0.4 is 10.2 Å². The zero-order valence-electron chi connectivity index (χ0n) is 11.8. The van der Waals surface area contributed by atoms with Crippen LogP contribution in [0.4, 0.5) is 10.1 Å². The fourth-order valence-electron chi connectivity index (χ4n) is 2.54. The second-order valence-electron chi connectivity index (χ2n) is 5.90. The molecule has 2 unspecified atom stereocenters. The third-order valence-electron chi connectivity index (χ3n) is 3.64. The highest BCUT2D eigenvalue weighted by Crippen LogP contribution is 2.31. The molecule has 0 aromatic heterocycles. The van der Waals surface area contributed by atoms with Crippen molar-refractivity contribution in [2.24, 2.45) is 5.41 Å². The monoisotopic (exact) mass is 342 g/mol. The molecule has 0 bridgehead atoms. The van der Waals surface area contributed by atoms with Gasteiger partial charge in [-0.2, -0.15) is 0 Å². The van der Waals surface area contributed by atoms with E-state index in [4.69, 9.17) is 0 Å². The molecule has 110 valence electrons. The lowest BCUT2D eigenvalue weighted by atomic mass is 9.86. The summed E-state index contributed by atoms with van der Waals surface area (Å²) in [7, 11) is 0. The van der Waals surface area contributed by atoms with E-state index in [1.54, 1.807) is 12.1 Å². The topological polar surface area (TPSA) is 32.3 Å². The molecular formula is C15H20BrFN2O. The average molecular weight is 343 g/mol. The Kier molecular flexibility index (Phi) is 4.81. The number of piperazine rings is 1. The van der Waals surface area contributed by atoms with Gasteiger partial charge < -0.3 is 15.0 Å². The standard InChI is InChI=1S/C15H20BrFN2O/c1-15(2,10-20)9-13-14(16)18-7-8-19(13)12-5-3-11(17)4-6-12/h3-6,10,13-14,18H,7-9H2,1-2H3. The molecule has 1 aliphatic heterocycles. The summed E-state index contributed by atoms with van der Waals surface area (Å²) in [6, 6.07) is 6.68. The molecule has 5 heteroatoms. The Morgan fingerprint density at radius 1 is 1.45 bits per heavy atom. The number of halogens is 2. The first-order valence-electron chi connectivity index (χ1n) is 6.79. The molecule has 1 aromatic rings. The van der Waals surface area contributed by atoms with Gasteiger partial charge in [0.1, 0.15) is 12.1 Å². The molecule has 0 radical (unpaired) electrons. The molecule has 1 N–H and O–H groups in total. The molecule has 1 heterocycles. The minimum atomic E-state index is -0.381. The number of anilines is 1. The zero-order valence-corrected chi connectivity index (χ0v) is 13.4. The molecule has 1 saturated heterocycles. The molecular weight excluding hydrogens is 323 g/mol. The molecule has 0 amide bonds.